The molecule has 0 bridgehead atoms. The summed E-state index contributed by atoms with van der Waals surface area (Å²) in [6, 6.07) is 5.98. The van der Waals surface area contributed by atoms with Gasteiger partial charge in [-0.1, -0.05) is 12.1 Å². The van der Waals surface area contributed by atoms with Gasteiger partial charge in [-0.05, 0) is 33.6 Å². The molecule has 0 saturated carbocycles. The molecule has 1 aliphatic rings. The Bertz CT molecular complexity index is 360. The summed E-state index contributed by atoms with van der Waals surface area (Å²) in [6.07, 6.45) is 2.02. The fourth-order valence-corrected chi connectivity index (χ4v) is 1.92. The molecule has 68 valence electrons. The summed E-state index contributed by atoms with van der Waals surface area (Å²) in [5, 5.41) is 0. The van der Waals surface area contributed by atoms with E-state index in [2.05, 4.69) is 15.9 Å². The summed E-state index contributed by atoms with van der Waals surface area (Å²) >= 11 is 3.45. The molecule has 0 fully saturated rings. The van der Waals surface area contributed by atoms with Crippen LogP contribution in [0.1, 0.15) is 5.56 Å². The van der Waals surface area contributed by atoms with Gasteiger partial charge in [0.2, 0.25) is 0 Å². The summed E-state index contributed by atoms with van der Waals surface area (Å²) in [6.45, 7) is 1.18. The molecule has 0 saturated heterocycles. The molecule has 0 amide bonds. The summed E-state index contributed by atoms with van der Waals surface area (Å²) in [5.74, 6) is 0.908. The fourth-order valence-electron chi connectivity index (χ4n) is 1.44. The van der Waals surface area contributed by atoms with Gasteiger partial charge in [0.05, 0.1) is 4.47 Å². The largest absolute Gasteiger partial charge is 0.488 e. The lowest BCUT2D eigenvalue weighted by Gasteiger charge is -2.18. The predicted molar refractivity (Wildman–Crippen MR) is 56.7 cm³/mol. The van der Waals surface area contributed by atoms with Crippen LogP contribution >= 0.6 is 15.9 Å². The maximum atomic E-state index is 5.63. The highest BCUT2D eigenvalue weighted by Gasteiger charge is 2.14. The van der Waals surface area contributed by atoms with Crippen molar-refractivity contribution in [1.29, 1.82) is 0 Å². The third kappa shape index (κ3) is 1.49. The van der Waals surface area contributed by atoms with Crippen molar-refractivity contribution in [3.05, 3.63) is 34.3 Å². The minimum atomic E-state index is 0.562. The van der Waals surface area contributed by atoms with E-state index in [0.717, 1.165) is 21.4 Å². The van der Waals surface area contributed by atoms with Gasteiger partial charge in [-0.2, -0.15) is 0 Å². The summed E-state index contributed by atoms with van der Waals surface area (Å²) in [5.41, 5.74) is 7.88. The highest BCUT2D eigenvalue weighted by Crippen LogP contribution is 2.35. The van der Waals surface area contributed by atoms with E-state index in [9.17, 15) is 0 Å². The first kappa shape index (κ1) is 8.78. The summed E-state index contributed by atoms with van der Waals surface area (Å²) in [4.78, 5) is 0. The van der Waals surface area contributed by atoms with Crippen molar-refractivity contribution < 1.29 is 4.74 Å². The quantitative estimate of drug-likeness (QED) is 0.816. The van der Waals surface area contributed by atoms with Crippen molar-refractivity contribution in [2.24, 2.45) is 5.73 Å². The number of hydrogen-bond donors (Lipinski definition) is 1. The monoisotopic (exact) mass is 239 g/mol. The standard InChI is InChI=1S/C10H10BrNO/c11-9-3-1-2-8-7(6-12)4-5-13-10(8)9/h1-4H,5-6,12H2. The molecule has 0 spiro atoms. The van der Waals surface area contributed by atoms with E-state index in [1.807, 2.05) is 24.3 Å². The lowest BCUT2D eigenvalue weighted by atomic mass is 10.0. The normalized spacial score (nSPS) is 14.5. The first-order valence-corrected chi connectivity index (χ1v) is 4.93. The second-order valence-electron chi connectivity index (χ2n) is 2.86. The number of benzene rings is 1. The molecular weight excluding hydrogens is 230 g/mol. The minimum absolute atomic E-state index is 0.562. The van der Waals surface area contributed by atoms with Crippen LogP contribution in [0.25, 0.3) is 5.57 Å². The molecule has 0 unspecified atom stereocenters. The Labute approximate surface area is 85.5 Å². The van der Waals surface area contributed by atoms with Crippen molar-refractivity contribution in [3.8, 4) is 5.75 Å². The van der Waals surface area contributed by atoms with Gasteiger partial charge in [-0.15, -0.1) is 0 Å². The minimum Gasteiger partial charge on any atom is -0.488 e. The molecule has 3 heteroatoms. The number of hydrogen-bond acceptors (Lipinski definition) is 2. The molecule has 2 rings (SSSR count). The molecule has 13 heavy (non-hydrogen) atoms. The number of halogens is 1. The zero-order chi connectivity index (χ0) is 9.26. The number of ether oxygens (including phenoxy) is 1. The molecule has 1 aliphatic heterocycles. The van der Waals surface area contributed by atoms with Crippen LogP contribution in [0.4, 0.5) is 0 Å². The topological polar surface area (TPSA) is 35.2 Å². The Morgan fingerprint density at radius 1 is 1.46 bits per heavy atom. The Kier molecular flexibility index (Phi) is 2.38. The van der Waals surface area contributed by atoms with Crippen LogP contribution in [0.3, 0.4) is 0 Å². The van der Waals surface area contributed by atoms with Crippen LogP contribution in [0.5, 0.6) is 5.75 Å². The Morgan fingerprint density at radius 2 is 2.31 bits per heavy atom. The first-order chi connectivity index (χ1) is 6.33. The molecule has 2 N–H and O–H groups in total. The van der Waals surface area contributed by atoms with Gasteiger partial charge in [-0.25, -0.2) is 0 Å². The van der Waals surface area contributed by atoms with Crippen molar-refractivity contribution in [2.45, 2.75) is 0 Å². The average molecular weight is 240 g/mol. The molecule has 1 aromatic carbocycles. The van der Waals surface area contributed by atoms with Gasteiger partial charge in [-0.3, -0.25) is 0 Å². The van der Waals surface area contributed by atoms with Crippen LogP contribution in [-0.4, -0.2) is 13.2 Å². The van der Waals surface area contributed by atoms with Gasteiger partial charge in [0.25, 0.3) is 0 Å². The van der Waals surface area contributed by atoms with E-state index in [0.29, 0.717) is 13.2 Å². The summed E-state index contributed by atoms with van der Waals surface area (Å²) < 4.78 is 6.50. The van der Waals surface area contributed by atoms with Gasteiger partial charge < -0.3 is 10.5 Å². The zero-order valence-electron chi connectivity index (χ0n) is 7.09. The van der Waals surface area contributed by atoms with E-state index in [-0.39, 0.29) is 0 Å². The third-order valence-electron chi connectivity index (χ3n) is 2.09. The molecule has 0 atom stereocenters. The third-order valence-corrected chi connectivity index (χ3v) is 2.71. The van der Waals surface area contributed by atoms with Crippen molar-refractivity contribution in [3.63, 3.8) is 0 Å². The average Bonchev–Trinajstić information content (AvgIpc) is 2.18. The highest BCUT2D eigenvalue weighted by atomic mass is 79.9. The lowest BCUT2D eigenvalue weighted by Crippen LogP contribution is -2.11. The number of nitrogens with two attached hydrogens (primary N) is 1. The Hall–Kier alpha value is -0.800. The molecule has 2 nitrogen and oxygen atoms in total. The van der Waals surface area contributed by atoms with Crippen LogP contribution in [0.15, 0.2) is 28.7 Å². The van der Waals surface area contributed by atoms with Crippen LogP contribution in [-0.2, 0) is 0 Å². The van der Waals surface area contributed by atoms with E-state index in [4.69, 9.17) is 10.5 Å². The van der Waals surface area contributed by atoms with E-state index in [1.165, 1.54) is 0 Å². The molecule has 0 aliphatic carbocycles. The van der Waals surface area contributed by atoms with Crippen molar-refractivity contribution in [2.75, 3.05) is 13.2 Å². The van der Waals surface area contributed by atoms with Gasteiger partial charge >= 0.3 is 0 Å². The van der Waals surface area contributed by atoms with E-state index >= 15 is 0 Å². The Balaban J connectivity index is 2.55. The maximum Gasteiger partial charge on any atom is 0.141 e. The van der Waals surface area contributed by atoms with Crippen LogP contribution in [0.2, 0.25) is 0 Å². The van der Waals surface area contributed by atoms with Crippen molar-refractivity contribution in [1.82, 2.24) is 0 Å². The fraction of sp³-hybridized carbons (Fsp3) is 0.200. The SMILES string of the molecule is NCC1=CCOc2c(Br)cccc21. The van der Waals surface area contributed by atoms with Gasteiger partial charge in [0, 0.05) is 12.1 Å². The Morgan fingerprint density at radius 3 is 3.08 bits per heavy atom. The van der Waals surface area contributed by atoms with Gasteiger partial charge in [0.15, 0.2) is 0 Å². The second-order valence-corrected chi connectivity index (χ2v) is 3.72. The van der Waals surface area contributed by atoms with Crippen molar-refractivity contribution >= 4 is 21.5 Å². The molecule has 1 aromatic rings. The van der Waals surface area contributed by atoms with Crippen LogP contribution in [0, 0.1) is 0 Å². The number of rotatable bonds is 1. The summed E-state index contributed by atoms with van der Waals surface area (Å²) in [7, 11) is 0. The zero-order valence-corrected chi connectivity index (χ0v) is 8.67. The van der Waals surface area contributed by atoms with Crippen LogP contribution < -0.4 is 10.5 Å². The molecule has 1 heterocycles. The smallest absolute Gasteiger partial charge is 0.141 e. The highest BCUT2D eigenvalue weighted by molar-refractivity contribution is 9.10. The molecule has 0 aromatic heterocycles. The van der Waals surface area contributed by atoms with E-state index < -0.39 is 0 Å². The number of para-hydroxylation sites is 1. The molecule has 0 radical (unpaired) electrons. The first-order valence-electron chi connectivity index (χ1n) is 4.13. The predicted octanol–water partition coefficient (Wildman–Crippen LogP) is 2.18. The maximum absolute atomic E-state index is 5.63. The molecular formula is C10H10BrNO. The second kappa shape index (κ2) is 3.52. The lowest BCUT2D eigenvalue weighted by molar-refractivity contribution is 0.354. The van der Waals surface area contributed by atoms with Gasteiger partial charge in [0.1, 0.15) is 12.4 Å². The number of fused-ring (bicyclic) bond motifs is 1. The van der Waals surface area contributed by atoms with E-state index in [1.54, 1.807) is 0 Å².